The molecule has 0 aliphatic carbocycles. The van der Waals surface area contributed by atoms with E-state index in [0.29, 0.717) is 17.8 Å². The van der Waals surface area contributed by atoms with Crippen molar-refractivity contribution in [3.63, 3.8) is 0 Å². The molecule has 1 aliphatic rings. The number of aliphatic hydroxyl groups excluding tert-OH is 2. The molecule has 0 radical (unpaired) electrons. The van der Waals surface area contributed by atoms with Crippen molar-refractivity contribution in [3.05, 3.63) is 80.4 Å². The van der Waals surface area contributed by atoms with Crippen LogP contribution in [0.15, 0.2) is 52.3 Å². The fraction of sp³-hybridized carbons (Fsp3) is 0.480. The van der Waals surface area contributed by atoms with Crippen molar-refractivity contribution >= 4 is 5.91 Å². The van der Waals surface area contributed by atoms with Gasteiger partial charge in [0.2, 0.25) is 5.91 Å². The molecule has 4 rings (SSSR count). The molecule has 1 aliphatic heterocycles. The van der Waals surface area contributed by atoms with Crippen molar-refractivity contribution in [2.24, 2.45) is 5.92 Å². The van der Waals surface area contributed by atoms with Crippen LogP contribution in [0.25, 0.3) is 0 Å². The zero-order chi connectivity index (χ0) is 26.7. The summed E-state index contributed by atoms with van der Waals surface area (Å²) in [7, 11) is 0. The summed E-state index contributed by atoms with van der Waals surface area (Å²) >= 11 is 0. The van der Waals surface area contributed by atoms with Crippen LogP contribution >= 0.6 is 0 Å². The second-order valence-corrected chi connectivity index (χ2v) is 9.59. The summed E-state index contributed by atoms with van der Waals surface area (Å²) in [6, 6.07) is 8.91. The first kappa shape index (κ1) is 26.5. The van der Waals surface area contributed by atoms with Crippen molar-refractivity contribution in [3.8, 4) is 0 Å². The quantitative estimate of drug-likeness (QED) is 0.365. The van der Waals surface area contributed by atoms with Crippen molar-refractivity contribution in [1.29, 1.82) is 0 Å². The molecule has 1 saturated heterocycles. The number of aromatic nitrogens is 5. The van der Waals surface area contributed by atoms with E-state index in [-0.39, 0.29) is 31.4 Å². The molecule has 0 unspecified atom stereocenters. The molecule has 37 heavy (non-hydrogen) atoms. The highest BCUT2D eigenvalue weighted by Gasteiger charge is 2.35. The fourth-order valence-electron chi connectivity index (χ4n) is 4.46. The molecule has 3 aromatic rings. The van der Waals surface area contributed by atoms with Crippen LogP contribution in [0.5, 0.6) is 0 Å². The maximum Gasteiger partial charge on any atom is 0.333 e. The van der Waals surface area contributed by atoms with Gasteiger partial charge in [0.1, 0.15) is 24.1 Å². The molecular weight excluding hydrogens is 480 g/mol. The van der Waals surface area contributed by atoms with Gasteiger partial charge in [-0.05, 0) is 18.4 Å². The molecule has 12 heteroatoms. The number of nitrogens with one attached hydrogen (secondary N) is 1. The third-order valence-corrected chi connectivity index (χ3v) is 6.43. The number of aryl methyl sites for hydroxylation is 1. The second kappa shape index (κ2) is 11.2. The first-order valence-electron chi connectivity index (χ1n) is 12.2. The number of aliphatic hydroxyl groups is 2. The summed E-state index contributed by atoms with van der Waals surface area (Å²) in [5, 5.41) is 30.6. The van der Waals surface area contributed by atoms with E-state index in [1.807, 2.05) is 44.2 Å². The van der Waals surface area contributed by atoms with Crippen molar-refractivity contribution in [2.75, 3.05) is 6.61 Å². The molecule has 2 aromatic heterocycles. The van der Waals surface area contributed by atoms with E-state index < -0.39 is 35.7 Å². The van der Waals surface area contributed by atoms with Gasteiger partial charge in [-0.3, -0.25) is 18.7 Å². The summed E-state index contributed by atoms with van der Waals surface area (Å²) in [4.78, 5) is 39.0. The number of nitrogens with zero attached hydrogens (tertiary/aromatic N) is 5. The first-order valence-corrected chi connectivity index (χ1v) is 12.2. The van der Waals surface area contributed by atoms with Gasteiger partial charge in [0.05, 0.1) is 25.5 Å². The lowest BCUT2D eigenvalue weighted by Crippen LogP contribution is -2.42. The standard InChI is InChI=1S/C25H32N6O6/c1-15(2)22(23(34)26-10-17-7-5-4-6-8-17)31-13-18(27-28-31)12-30-24(35)16(3)11-29(25(30)36)21-9-19(33)20(14-32)37-21/h4-8,11,13,15,19-22,32-33H,9-10,12,14H2,1-3H3,(H,26,34)/t19-,20-,21-,22-/m0/s1. The average Bonchev–Trinajstić information content (AvgIpc) is 3.49. The fourth-order valence-corrected chi connectivity index (χ4v) is 4.46. The molecule has 3 N–H and O–H groups in total. The summed E-state index contributed by atoms with van der Waals surface area (Å²) in [6.07, 6.45) is 0.498. The highest BCUT2D eigenvalue weighted by atomic mass is 16.5. The molecule has 3 heterocycles. The zero-order valence-corrected chi connectivity index (χ0v) is 21.0. The van der Waals surface area contributed by atoms with Gasteiger partial charge >= 0.3 is 5.69 Å². The van der Waals surface area contributed by atoms with E-state index in [0.717, 1.165) is 10.1 Å². The van der Waals surface area contributed by atoms with Crippen molar-refractivity contribution in [2.45, 2.75) is 64.8 Å². The first-order chi connectivity index (χ1) is 17.7. The molecular formula is C25H32N6O6. The van der Waals surface area contributed by atoms with Gasteiger partial charge in [-0.15, -0.1) is 5.10 Å². The number of carbonyl (C=O) groups excluding carboxylic acids is 1. The largest absolute Gasteiger partial charge is 0.394 e. The molecule has 0 bridgehead atoms. The number of benzene rings is 1. The number of amides is 1. The van der Waals surface area contributed by atoms with Gasteiger partial charge in [0.15, 0.2) is 0 Å². The number of rotatable bonds is 9. The predicted octanol–water partition coefficient (Wildman–Crippen LogP) is 0.112. The average molecular weight is 513 g/mol. The molecule has 0 spiro atoms. The number of hydrogen-bond acceptors (Lipinski definition) is 8. The Balaban J connectivity index is 1.55. The molecule has 4 atom stereocenters. The number of hydrogen-bond donors (Lipinski definition) is 3. The number of ether oxygens (including phenoxy) is 1. The Morgan fingerprint density at radius 1 is 1.22 bits per heavy atom. The molecule has 1 amide bonds. The van der Waals surface area contributed by atoms with Gasteiger partial charge in [-0.2, -0.15) is 0 Å². The van der Waals surface area contributed by atoms with Gasteiger partial charge in [0.25, 0.3) is 5.56 Å². The topological polar surface area (TPSA) is 154 Å². The minimum atomic E-state index is -0.927. The minimum absolute atomic E-state index is 0.102. The van der Waals surface area contributed by atoms with Gasteiger partial charge in [-0.25, -0.2) is 9.48 Å². The van der Waals surface area contributed by atoms with E-state index in [4.69, 9.17) is 4.74 Å². The Morgan fingerprint density at radius 2 is 1.95 bits per heavy atom. The SMILES string of the molecule is Cc1cn([C@@H]2C[C@H](O)[C@H](CO)O2)c(=O)n(Cc2cn([C@H](C(=O)NCc3ccccc3)C(C)C)nn2)c1=O. The van der Waals surface area contributed by atoms with Crippen LogP contribution in [-0.4, -0.2) is 59.1 Å². The number of carbonyl (C=O) groups is 1. The minimum Gasteiger partial charge on any atom is -0.394 e. The lowest BCUT2D eigenvalue weighted by atomic mass is 10.0. The van der Waals surface area contributed by atoms with Crippen LogP contribution in [0.4, 0.5) is 0 Å². The Kier molecular flexibility index (Phi) is 8.00. The van der Waals surface area contributed by atoms with E-state index in [1.54, 1.807) is 13.1 Å². The Labute approximate surface area is 213 Å². The Hall–Kier alpha value is -3.61. The lowest BCUT2D eigenvalue weighted by molar-refractivity contribution is -0.126. The van der Waals surface area contributed by atoms with Crippen LogP contribution in [0.2, 0.25) is 0 Å². The van der Waals surface area contributed by atoms with E-state index in [9.17, 15) is 24.6 Å². The van der Waals surface area contributed by atoms with Crippen LogP contribution in [0.1, 0.15) is 49.4 Å². The van der Waals surface area contributed by atoms with Crippen molar-refractivity contribution in [1.82, 2.24) is 29.4 Å². The van der Waals surface area contributed by atoms with Gasteiger partial charge in [-0.1, -0.05) is 49.4 Å². The molecule has 1 fully saturated rings. The zero-order valence-electron chi connectivity index (χ0n) is 21.0. The summed E-state index contributed by atoms with van der Waals surface area (Å²) in [6.45, 7) is 5.20. The van der Waals surface area contributed by atoms with Crippen LogP contribution in [0.3, 0.4) is 0 Å². The smallest absolute Gasteiger partial charge is 0.333 e. The molecule has 12 nitrogen and oxygen atoms in total. The highest BCUT2D eigenvalue weighted by molar-refractivity contribution is 5.80. The molecule has 1 aromatic carbocycles. The monoisotopic (exact) mass is 512 g/mol. The van der Waals surface area contributed by atoms with E-state index in [2.05, 4.69) is 15.6 Å². The normalized spacial score (nSPS) is 20.3. The molecule has 198 valence electrons. The maximum atomic E-state index is 13.2. The highest BCUT2D eigenvalue weighted by Crippen LogP contribution is 2.27. The Morgan fingerprint density at radius 3 is 2.59 bits per heavy atom. The van der Waals surface area contributed by atoms with E-state index >= 15 is 0 Å². The van der Waals surface area contributed by atoms with Crippen molar-refractivity contribution < 1.29 is 19.7 Å². The maximum absolute atomic E-state index is 13.2. The van der Waals surface area contributed by atoms with Crippen LogP contribution < -0.4 is 16.6 Å². The van der Waals surface area contributed by atoms with E-state index in [1.165, 1.54) is 15.4 Å². The predicted molar refractivity (Wildman–Crippen MR) is 133 cm³/mol. The molecule has 0 saturated carbocycles. The second-order valence-electron chi connectivity index (χ2n) is 9.59. The van der Waals surface area contributed by atoms with Gasteiger partial charge in [0, 0.05) is 24.7 Å². The third-order valence-electron chi connectivity index (χ3n) is 6.43. The van der Waals surface area contributed by atoms with Crippen LogP contribution in [-0.2, 0) is 22.6 Å². The van der Waals surface area contributed by atoms with Crippen LogP contribution in [0, 0.1) is 12.8 Å². The van der Waals surface area contributed by atoms with Gasteiger partial charge < -0.3 is 20.3 Å². The summed E-state index contributed by atoms with van der Waals surface area (Å²) < 4.78 is 9.31. The summed E-state index contributed by atoms with van der Waals surface area (Å²) in [5.41, 5.74) is 0.476. The third kappa shape index (κ3) is 5.71. The Bertz CT molecular complexity index is 1350. The summed E-state index contributed by atoms with van der Waals surface area (Å²) in [5.74, 6) is -0.324. The lowest BCUT2D eigenvalue weighted by Gasteiger charge is -2.20.